The molecule has 8 heteroatoms. The molecule has 0 saturated heterocycles. The molecule has 0 unspecified atom stereocenters. The number of carbonyl (C=O) groups is 4. The molecule has 0 aromatic heterocycles. The van der Waals surface area contributed by atoms with E-state index in [0.717, 1.165) is 28.9 Å². The maximum absolute atomic E-state index is 10.6. The van der Waals surface area contributed by atoms with Gasteiger partial charge in [-0.3, -0.25) is 9.59 Å². The van der Waals surface area contributed by atoms with Gasteiger partial charge in [0.25, 0.3) is 0 Å². The third kappa shape index (κ3) is 26.6. The second kappa shape index (κ2) is 35.4. The lowest BCUT2D eigenvalue weighted by atomic mass is 10.0. The highest BCUT2D eigenvalue weighted by atomic mass is 16.5. The largest absolute Gasteiger partial charge is 0.497 e. The average molecular weight is 607 g/mol. The lowest BCUT2D eigenvalue weighted by Gasteiger charge is -2.00. The number of hydrogen-bond donors (Lipinski definition) is 0. The highest BCUT2D eigenvalue weighted by Crippen LogP contribution is 2.16. The van der Waals surface area contributed by atoms with Crippen LogP contribution in [0.1, 0.15) is 28.4 Å². The SMILES string of the molecule is C=C(C=CC(=C)C(C)=O)OC.C=CC=CC=C.C=Cc1ccc(C=O)cc1C=C.C=O.C=O.COc1ccc(OC)cc1.O. The molecule has 0 aliphatic carbocycles. The molecular weight excluding hydrogens is 560 g/mol. The lowest BCUT2D eigenvalue weighted by molar-refractivity contribution is -0.113. The molecule has 0 bridgehead atoms. The van der Waals surface area contributed by atoms with Gasteiger partial charge in [-0.25, -0.2) is 0 Å². The van der Waals surface area contributed by atoms with Gasteiger partial charge < -0.3 is 29.3 Å². The van der Waals surface area contributed by atoms with Crippen LogP contribution in [0.2, 0.25) is 0 Å². The molecule has 44 heavy (non-hydrogen) atoms. The van der Waals surface area contributed by atoms with E-state index in [1.54, 1.807) is 62.8 Å². The fourth-order valence-corrected chi connectivity index (χ4v) is 2.28. The average Bonchev–Trinajstić information content (AvgIpc) is 3.08. The number of ether oxygens (including phenoxy) is 3. The summed E-state index contributed by atoms with van der Waals surface area (Å²) in [5.74, 6) is 2.15. The fourth-order valence-electron chi connectivity index (χ4n) is 2.28. The zero-order chi connectivity index (χ0) is 34.1. The number of carbonyl (C=O) groups excluding carboxylic acids is 4. The molecule has 0 aliphatic rings. The molecule has 238 valence electrons. The molecule has 2 rings (SSSR count). The second-order valence-electron chi connectivity index (χ2n) is 7.24. The van der Waals surface area contributed by atoms with E-state index in [1.807, 2.05) is 56.1 Å². The van der Waals surface area contributed by atoms with Gasteiger partial charge in [0.15, 0.2) is 5.78 Å². The van der Waals surface area contributed by atoms with Crippen LogP contribution in [0.3, 0.4) is 0 Å². The predicted octanol–water partition coefficient (Wildman–Crippen LogP) is 7.06. The van der Waals surface area contributed by atoms with E-state index >= 15 is 0 Å². The highest BCUT2D eigenvalue weighted by molar-refractivity contribution is 5.95. The molecule has 0 spiro atoms. The van der Waals surface area contributed by atoms with Crippen LogP contribution in [0.15, 0.2) is 130 Å². The lowest BCUT2D eigenvalue weighted by Crippen LogP contribution is -1.90. The molecule has 0 fully saturated rings. The summed E-state index contributed by atoms with van der Waals surface area (Å²) in [5.41, 5.74) is 3.05. The number of allylic oxidation sites excluding steroid dienone is 7. The molecule has 8 nitrogen and oxygen atoms in total. The Hall–Kier alpha value is -5.60. The van der Waals surface area contributed by atoms with Gasteiger partial charge in [0.1, 0.15) is 37.1 Å². The van der Waals surface area contributed by atoms with Crippen molar-refractivity contribution in [2.75, 3.05) is 21.3 Å². The first-order valence-electron chi connectivity index (χ1n) is 12.3. The van der Waals surface area contributed by atoms with Crippen molar-refractivity contribution in [1.82, 2.24) is 0 Å². The van der Waals surface area contributed by atoms with Crippen molar-refractivity contribution in [3.63, 3.8) is 0 Å². The Labute approximate surface area is 262 Å². The minimum Gasteiger partial charge on any atom is -0.497 e. The maximum atomic E-state index is 10.6. The molecule has 2 N–H and O–H groups in total. The molecule has 0 amide bonds. The van der Waals surface area contributed by atoms with Gasteiger partial charge in [-0.05, 0) is 60.5 Å². The number of methoxy groups -OCH3 is 3. The van der Waals surface area contributed by atoms with Crippen LogP contribution in [0.4, 0.5) is 0 Å². The van der Waals surface area contributed by atoms with Crippen molar-refractivity contribution in [1.29, 1.82) is 0 Å². The third-order valence-electron chi connectivity index (χ3n) is 4.55. The van der Waals surface area contributed by atoms with Crippen molar-refractivity contribution in [3.05, 3.63) is 146 Å². The summed E-state index contributed by atoms with van der Waals surface area (Å²) in [6, 6.07) is 12.8. The smallest absolute Gasteiger partial charge is 0.159 e. The van der Waals surface area contributed by atoms with Gasteiger partial charge in [0, 0.05) is 11.1 Å². The molecule has 0 radical (unpaired) electrons. The Morgan fingerprint density at radius 3 is 1.43 bits per heavy atom. The molecule has 0 atom stereocenters. The van der Waals surface area contributed by atoms with Crippen molar-refractivity contribution < 1.29 is 38.9 Å². The number of hydrogen-bond acceptors (Lipinski definition) is 7. The van der Waals surface area contributed by atoms with Crippen LogP contribution in [-0.2, 0) is 19.1 Å². The predicted molar refractivity (Wildman–Crippen MR) is 184 cm³/mol. The number of ketones is 1. The summed E-state index contributed by atoms with van der Waals surface area (Å²) in [5, 5.41) is 0. The van der Waals surface area contributed by atoms with E-state index in [1.165, 1.54) is 14.0 Å². The Morgan fingerprint density at radius 1 is 0.705 bits per heavy atom. The Balaban J connectivity index is -0.000000150. The van der Waals surface area contributed by atoms with Crippen LogP contribution in [0.5, 0.6) is 11.5 Å². The number of aldehydes is 1. The quantitative estimate of drug-likeness (QED) is 0.116. The van der Waals surface area contributed by atoms with E-state index in [2.05, 4.69) is 39.5 Å². The van der Waals surface area contributed by atoms with Crippen molar-refractivity contribution in [2.24, 2.45) is 0 Å². The summed E-state index contributed by atoms with van der Waals surface area (Å²) in [6.45, 7) is 26.8. The fraction of sp³-hybridized carbons (Fsp3) is 0.111. The zero-order valence-corrected chi connectivity index (χ0v) is 26.3. The van der Waals surface area contributed by atoms with Gasteiger partial charge >= 0.3 is 0 Å². The van der Waals surface area contributed by atoms with Crippen molar-refractivity contribution >= 4 is 37.8 Å². The maximum Gasteiger partial charge on any atom is 0.159 e. The first-order valence-corrected chi connectivity index (χ1v) is 12.3. The molecule has 0 heterocycles. The van der Waals surface area contributed by atoms with Crippen molar-refractivity contribution in [3.8, 4) is 11.5 Å². The van der Waals surface area contributed by atoms with Gasteiger partial charge in [-0.15, -0.1) is 0 Å². The summed E-state index contributed by atoms with van der Waals surface area (Å²) in [6.07, 6.45) is 14.5. The van der Waals surface area contributed by atoms with E-state index in [4.69, 9.17) is 23.8 Å². The minimum absolute atomic E-state index is 0. The summed E-state index contributed by atoms with van der Waals surface area (Å²) < 4.78 is 14.7. The molecule has 0 aliphatic heterocycles. The van der Waals surface area contributed by atoms with Gasteiger partial charge in [-0.2, -0.15) is 0 Å². The van der Waals surface area contributed by atoms with Crippen LogP contribution < -0.4 is 9.47 Å². The normalized spacial score (nSPS) is 8.27. The first-order chi connectivity index (χ1) is 20.7. The number of Topliss-reactive ketones (excluding diaryl/α,β-unsaturated/α-hetero) is 1. The van der Waals surface area contributed by atoms with E-state index in [-0.39, 0.29) is 11.3 Å². The highest BCUT2D eigenvalue weighted by Gasteiger charge is 1.96. The third-order valence-corrected chi connectivity index (χ3v) is 4.55. The van der Waals surface area contributed by atoms with Gasteiger partial charge in [0.2, 0.25) is 0 Å². The summed E-state index contributed by atoms with van der Waals surface area (Å²) >= 11 is 0. The molecular formula is C36H46O8. The van der Waals surface area contributed by atoms with Crippen molar-refractivity contribution in [2.45, 2.75) is 6.92 Å². The number of rotatable bonds is 11. The molecule has 2 aromatic carbocycles. The second-order valence-corrected chi connectivity index (χ2v) is 7.24. The van der Waals surface area contributed by atoms with Crippen LogP contribution in [0, 0.1) is 0 Å². The summed E-state index contributed by atoms with van der Waals surface area (Å²) in [7, 11) is 4.80. The van der Waals surface area contributed by atoms with Crippen LogP contribution in [0.25, 0.3) is 12.2 Å². The monoisotopic (exact) mass is 606 g/mol. The van der Waals surface area contributed by atoms with Gasteiger partial charge in [-0.1, -0.05) is 88.1 Å². The Bertz CT molecular complexity index is 1150. The first kappa shape index (κ1) is 48.1. The molecule has 2 aromatic rings. The van der Waals surface area contributed by atoms with Crippen LogP contribution in [-0.4, -0.2) is 52.5 Å². The van der Waals surface area contributed by atoms with E-state index < -0.39 is 0 Å². The van der Waals surface area contributed by atoms with E-state index in [0.29, 0.717) is 16.9 Å². The molecule has 0 saturated carbocycles. The Morgan fingerprint density at radius 2 is 1.14 bits per heavy atom. The Kier molecular flexibility index (Phi) is 38.8. The summed E-state index contributed by atoms with van der Waals surface area (Å²) in [4.78, 5) is 37.0. The van der Waals surface area contributed by atoms with Gasteiger partial charge in [0.05, 0.1) is 21.3 Å². The van der Waals surface area contributed by atoms with Crippen LogP contribution >= 0.6 is 0 Å². The standard InChI is InChI=1S/C11H10O.C9H12O2.C8H10O2.C6H8.2CH2O.H2O/c1-3-10-6-5-9(8-12)7-11(10)4-2;1-7(9(3)10)5-6-8(2)11-4;1-9-7-3-5-8(10-2)6-4-7;1-3-5-6-4-2;2*1-2;/h3-8H,1-2H2;5-6H,1-2H2,3-4H3;3-6H,1-2H3;3-6H,1-2H2;2*1H2;1H2. The van der Waals surface area contributed by atoms with E-state index in [9.17, 15) is 9.59 Å². The topological polar surface area (TPSA) is 127 Å². The zero-order valence-electron chi connectivity index (χ0n) is 26.3. The minimum atomic E-state index is -0.0508. The number of benzene rings is 2.